The van der Waals surface area contributed by atoms with Crippen molar-refractivity contribution in [3.8, 4) is 0 Å². The monoisotopic (exact) mass is 156 g/mol. The highest BCUT2D eigenvalue weighted by Crippen LogP contribution is 2.12. The highest BCUT2D eigenvalue weighted by Gasteiger charge is 2.20. The first kappa shape index (κ1) is 10.4. The molecule has 0 saturated carbocycles. The molecule has 0 aliphatic carbocycles. The second-order valence-electron chi connectivity index (χ2n) is 2.90. The number of ketones is 1. The second-order valence-corrected chi connectivity index (χ2v) is 2.90. The average Bonchev–Trinajstić information content (AvgIpc) is 2.00. The third-order valence-corrected chi connectivity index (χ3v) is 1.83. The van der Waals surface area contributed by atoms with Gasteiger partial charge in [0, 0.05) is 12.3 Å². The third-order valence-electron chi connectivity index (χ3n) is 1.83. The van der Waals surface area contributed by atoms with E-state index < -0.39 is 6.10 Å². The maximum Gasteiger partial charge on any atom is 0.138 e. The minimum Gasteiger partial charge on any atom is -0.388 e. The first-order chi connectivity index (χ1) is 5.00. The molecule has 0 spiro atoms. The molecule has 2 heteroatoms. The molecule has 0 heterocycles. The molecule has 0 amide bonds. The van der Waals surface area contributed by atoms with Crippen molar-refractivity contribution in [2.24, 2.45) is 5.92 Å². The Morgan fingerprint density at radius 2 is 2.09 bits per heavy atom. The second kappa shape index (κ2) is 4.29. The maximum atomic E-state index is 11.1. The van der Waals surface area contributed by atoms with Gasteiger partial charge in [-0.2, -0.15) is 0 Å². The average molecular weight is 156 g/mol. The van der Waals surface area contributed by atoms with Gasteiger partial charge in [-0.3, -0.25) is 4.79 Å². The van der Waals surface area contributed by atoms with Gasteiger partial charge in [0.15, 0.2) is 0 Å². The lowest BCUT2D eigenvalue weighted by Gasteiger charge is -2.16. The van der Waals surface area contributed by atoms with E-state index in [1.54, 1.807) is 20.8 Å². The first-order valence-electron chi connectivity index (χ1n) is 3.86. The van der Waals surface area contributed by atoms with Crippen molar-refractivity contribution in [2.45, 2.75) is 33.3 Å². The Morgan fingerprint density at radius 3 is 2.36 bits per heavy atom. The summed E-state index contributed by atoms with van der Waals surface area (Å²) in [6.45, 7) is 8.84. The van der Waals surface area contributed by atoms with Gasteiger partial charge in [0.05, 0.1) is 6.10 Å². The van der Waals surface area contributed by atoms with Crippen LogP contribution in [0.25, 0.3) is 0 Å². The van der Waals surface area contributed by atoms with Gasteiger partial charge in [-0.15, -0.1) is 0 Å². The Balaban J connectivity index is 4.12. The van der Waals surface area contributed by atoms with Crippen molar-refractivity contribution in [1.82, 2.24) is 0 Å². The fraction of sp³-hybridized carbons (Fsp3) is 0.667. The summed E-state index contributed by atoms with van der Waals surface area (Å²) < 4.78 is 0. The Kier molecular flexibility index (Phi) is 4.04. The molecule has 0 bridgehead atoms. The highest BCUT2D eigenvalue weighted by molar-refractivity contribution is 5.81. The van der Waals surface area contributed by atoms with Gasteiger partial charge in [0.2, 0.25) is 0 Å². The van der Waals surface area contributed by atoms with Gasteiger partial charge in [-0.25, -0.2) is 0 Å². The van der Waals surface area contributed by atoms with Gasteiger partial charge in [0.1, 0.15) is 5.78 Å². The van der Waals surface area contributed by atoms with E-state index in [2.05, 4.69) is 6.58 Å². The molecule has 0 aromatic carbocycles. The summed E-state index contributed by atoms with van der Waals surface area (Å²) in [7, 11) is 0. The number of aliphatic hydroxyl groups is 1. The van der Waals surface area contributed by atoms with E-state index in [9.17, 15) is 9.90 Å². The molecule has 2 nitrogen and oxygen atoms in total. The van der Waals surface area contributed by atoms with Crippen LogP contribution < -0.4 is 0 Å². The van der Waals surface area contributed by atoms with Crippen LogP contribution in [0.3, 0.4) is 0 Å². The Morgan fingerprint density at radius 1 is 1.64 bits per heavy atom. The van der Waals surface area contributed by atoms with Crippen molar-refractivity contribution < 1.29 is 9.90 Å². The van der Waals surface area contributed by atoms with Crippen LogP contribution in [0.1, 0.15) is 27.2 Å². The topological polar surface area (TPSA) is 37.3 Å². The lowest BCUT2D eigenvalue weighted by Crippen LogP contribution is -2.25. The van der Waals surface area contributed by atoms with Crippen molar-refractivity contribution in [1.29, 1.82) is 0 Å². The van der Waals surface area contributed by atoms with E-state index in [-0.39, 0.29) is 11.7 Å². The van der Waals surface area contributed by atoms with E-state index in [1.165, 1.54) is 0 Å². The zero-order chi connectivity index (χ0) is 9.02. The molecule has 0 radical (unpaired) electrons. The van der Waals surface area contributed by atoms with Crippen LogP contribution in [0.4, 0.5) is 0 Å². The lowest BCUT2D eigenvalue weighted by atomic mass is 9.94. The molecule has 0 saturated heterocycles. The zero-order valence-corrected chi connectivity index (χ0v) is 7.42. The lowest BCUT2D eigenvalue weighted by molar-refractivity contribution is -0.124. The molecule has 2 unspecified atom stereocenters. The summed E-state index contributed by atoms with van der Waals surface area (Å²) in [4.78, 5) is 11.1. The molecule has 0 rings (SSSR count). The highest BCUT2D eigenvalue weighted by atomic mass is 16.3. The van der Waals surface area contributed by atoms with Crippen LogP contribution in [-0.4, -0.2) is 17.0 Å². The molecular weight excluding hydrogens is 140 g/mol. The van der Waals surface area contributed by atoms with Gasteiger partial charge in [0.25, 0.3) is 0 Å². The molecule has 64 valence electrons. The largest absolute Gasteiger partial charge is 0.388 e. The smallest absolute Gasteiger partial charge is 0.138 e. The first-order valence-corrected chi connectivity index (χ1v) is 3.86. The van der Waals surface area contributed by atoms with Crippen LogP contribution in [0.15, 0.2) is 12.2 Å². The normalized spacial score (nSPS) is 15.6. The quantitative estimate of drug-likeness (QED) is 0.627. The standard InChI is InChI=1S/C9H16O2/c1-5-8(10)7(4)9(11)6(2)3/h7,9,11H,2,5H2,1,3-4H3. The SMILES string of the molecule is C=C(C)C(O)C(C)C(=O)CC. The molecule has 0 aromatic rings. The molecule has 0 fully saturated rings. The fourth-order valence-corrected chi connectivity index (χ4v) is 0.925. The van der Waals surface area contributed by atoms with Crippen LogP contribution in [0.2, 0.25) is 0 Å². The molecule has 0 aliphatic heterocycles. The van der Waals surface area contributed by atoms with Crippen LogP contribution >= 0.6 is 0 Å². The van der Waals surface area contributed by atoms with E-state index in [0.29, 0.717) is 12.0 Å². The summed E-state index contributed by atoms with van der Waals surface area (Å²) in [6, 6.07) is 0. The van der Waals surface area contributed by atoms with E-state index >= 15 is 0 Å². The molecule has 11 heavy (non-hydrogen) atoms. The Bertz CT molecular complexity index is 161. The van der Waals surface area contributed by atoms with E-state index in [0.717, 1.165) is 0 Å². The molecular formula is C9H16O2. The van der Waals surface area contributed by atoms with Gasteiger partial charge < -0.3 is 5.11 Å². The molecule has 0 aromatic heterocycles. The minimum absolute atomic E-state index is 0.0838. The summed E-state index contributed by atoms with van der Waals surface area (Å²) >= 11 is 0. The maximum absolute atomic E-state index is 11.1. The number of Topliss-reactive ketones (excluding diaryl/α,β-unsaturated/α-hetero) is 1. The summed E-state index contributed by atoms with van der Waals surface area (Å²) in [6.07, 6.45) is -0.201. The Hall–Kier alpha value is -0.630. The predicted octanol–water partition coefficient (Wildman–Crippen LogP) is 1.54. The molecule has 0 aliphatic rings. The van der Waals surface area contributed by atoms with Crippen LogP contribution in [-0.2, 0) is 4.79 Å². The number of hydrogen-bond acceptors (Lipinski definition) is 2. The molecule has 1 N–H and O–H groups in total. The summed E-state index contributed by atoms with van der Waals surface area (Å²) in [5.41, 5.74) is 0.652. The van der Waals surface area contributed by atoms with Crippen molar-refractivity contribution in [3.63, 3.8) is 0 Å². The Labute approximate surface area is 67.9 Å². The zero-order valence-electron chi connectivity index (χ0n) is 7.42. The molecule has 2 atom stereocenters. The number of carbonyl (C=O) groups is 1. The number of carbonyl (C=O) groups excluding carboxylic acids is 1. The fourth-order valence-electron chi connectivity index (χ4n) is 0.925. The summed E-state index contributed by atoms with van der Waals surface area (Å²) in [5.74, 6) is -0.224. The van der Waals surface area contributed by atoms with Gasteiger partial charge >= 0.3 is 0 Å². The minimum atomic E-state index is -0.678. The van der Waals surface area contributed by atoms with Crippen molar-refractivity contribution >= 4 is 5.78 Å². The van der Waals surface area contributed by atoms with Crippen LogP contribution in [0, 0.1) is 5.92 Å². The third kappa shape index (κ3) is 2.85. The van der Waals surface area contributed by atoms with Gasteiger partial charge in [-0.1, -0.05) is 26.0 Å². The van der Waals surface area contributed by atoms with Gasteiger partial charge in [-0.05, 0) is 6.92 Å². The number of hydrogen-bond donors (Lipinski definition) is 1. The van der Waals surface area contributed by atoms with Crippen molar-refractivity contribution in [2.75, 3.05) is 0 Å². The van der Waals surface area contributed by atoms with Crippen molar-refractivity contribution in [3.05, 3.63) is 12.2 Å². The number of aliphatic hydroxyl groups excluding tert-OH is 1. The predicted molar refractivity (Wildman–Crippen MR) is 45.3 cm³/mol. The van der Waals surface area contributed by atoms with E-state index in [1.807, 2.05) is 0 Å². The number of rotatable bonds is 4. The summed E-state index contributed by atoms with van der Waals surface area (Å²) in [5, 5.41) is 9.38. The van der Waals surface area contributed by atoms with E-state index in [4.69, 9.17) is 0 Å². The van der Waals surface area contributed by atoms with Crippen LogP contribution in [0.5, 0.6) is 0 Å².